The zero-order chi connectivity index (χ0) is 26.0. The molecule has 4 rings (SSSR count). The minimum atomic E-state index is -4.55. The Morgan fingerprint density at radius 2 is 1.78 bits per heavy atom. The van der Waals surface area contributed by atoms with E-state index in [0.717, 1.165) is 10.7 Å². The number of ketones is 1. The van der Waals surface area contributed by atoms with Crippen molar-refractivity contribution >= 4 is 28.7 Å². The summed E-state index contributed by atoms with van der Waals surface area (Å²) >= 11 is 7.21. The van der Waals surface area contributed by atoms with E-state index in [1.165, 1.54) is 59.2 Å². The second-order valence-electron chi connectivity index (χ2n) is 8.27. The van der Waals surface area contributed by atoms with Crippen molar-refractivity contribution in [1.82, 2.24) is 14.3 Å². The molecule has 0 amide bonds. The van der Waals surface area contributed by atoms with E-state index >= 15 is 0 Å². The Morgan fingerprint density at radius 3 is 2.44 bits per heavy atom. The number of alkyl halides is 3. The van der Waals surface area contributed by atoms with Crippen LogP contribution in [-0.2, 0) is 24.1 Å². The van der Waals surface area contributed by atoms with Crippen LogP contribution in [0.15, 0.2) is 65.5 Å². The standard InChI is InChI=1S/C25H20ClF4N3O2S/c1-15(18-7-3-4-8-19(18)25(28,29)30)12-17(34)14-33-24(35)32(13-16-6-2-5-9-20(16)27)23(31-33)21-10-11-22(26)36-21/h2-11,15H,12-14H2,1H3/t15-/m1/s1. The Bertz CT molecular complexity index is 1460. The molecule has 0 radical (unpaired) electrons. The largest absolute Gasteiger partial charge is 0.416 e. The van der Waals surface area contributed by atoms with Crippen LogP contribution in [0, 0.1) is 5.82 Å². The minimum Gasteiger partial charge on any atom is -0.298 e. The lowest BCUT2D eigenvalue weighted by Gasteiger charge is -2.17. The number of halogens is 5. The zero-order valence-electron chi connectivity index (χ0n) is 18.9. The maximum atomic E-state index is 14.3. The number of carbonyl (C=O) groups excluding carboxylic acids is 1. The number of hydrogen-bond acceptors (Lipinski definition) is 4. The van der Waals surface area contributed by atoms with Gasteiger partial charge in [0.25, 0.3) is 0 Å². The highest BCUT2D eigenvalue weighted by Gasteiger charge is 2.34. The molecule has 0 saturated heterocycles. The molecule has 5 nitrogen and oxygen atoms in total. The summed E-state index contributed by atoms with van der Waals surface area (Å²) in [4.78, 5) is 26.5. The maximum Gasteiger partial charge on any atom is 0.416 e. The number of hydrogen-bond donors (Lipinski definition) is 0. The second-order valence-corrected chi connectivity index (χ2v) is 9.99. The fraction of sp³-hybridized carbons (Fsp3) is 0.240. The minimum absolute atomic E-state index is 0.00435. The van der Waals surface area contributed by atoms with Crippen molar-refractivity contribution in [2.45, 2.75) is 38.5 Å². The van der Waals surface area contributed by atoms with Gasteiger partial charge < -0.3 is 0 Å². The van der Waals surface area contributed by atoms with Crippen LogP contribution in [-0.4, -0.2) is 20.1 Å². The Kier molecular flexibility index (Phi) is 7.46. The highest BCUT2D eigenvalue weighted by Crippen LogP contribution is 2.36. The van der Waals surface area contributed by atoms with Gasteiger partial charge in [0.05, 0.1) is 21.3 Å². The Hall–Kier alpha value is -3.24. The predicted octanol–water partition coefficient (Wildman–Crippen LogP) is 6.40. The molecule has 0 spiro atoms. The van der Waals surface area contributed by atoms with Gasteiger partial charge in [-0.3, -0.25) is 9.36 Å². The van der Waals surface area contributed by atoms with Gasteiger partial charge in [0.1, 0.15) is 12.4 Å². The van der Waals surface area contributed by atoms with Gasteiger partial charge in [-0.2, -0.15) is 13.2 Å². The van der Waals surface area contributed by atoms with Gasteiger partial charge in [0.2, 0.25) is 0 Å². The van der Waals surface area contributed by atoms with Gasteiger partial charge in [-0.05, 0) is 35.7 Å². The van der Waals surface area contributed by atoms with Crippen LogP contribution in [0.4, 0.5) is 17.6 Å². The topological polar surface area (TPSA) is 56.9 Å². The van der Waals surface area contributed by atoms with E-state index in [9.17, 15) is 27.2 Å². The Balaban J connectivity index is 1.62. The van der Waals surface area contributed by atoms with Gasteiger partial charge in [-0.25, -0.2) is 13.9 Å². The van der Waals surface area contributed by atoms with Gasteiger partial charge in [0.15, 0.2) is 11.6 Å². The quantitative estimate of drug-likeness (QED) is 0.245. The SMILES string of the molecule is C[C@H](CC(=O)Cn1nc(-c2ccc(Cl)s2)n(Cc2ccccc2F)c1=O)c1ccccc1C(F)(F)F. The number of benzene rings is 2. The molecule has 11 heteroatoms. The molecule has 0 unspecified atom stereocenters. The molecule has 2 heterocycles. The first-order chi connectivity index (χ1) is 17.0. The molecule has 0 aliphatic rings. The third kappa shape index (κ3) is 5.60. The van der Waals surface area contributed by atoms with Crippen molar-refractivity contribution in [2.75, 3.05) is 0 Å². The molecule has 0 aliphatic heterocycles. The molecule has 2 aromatic carbocycles. The highest BCUT2D eigenvalue weighted by molar-refractivity contribution is 7.19. The van der Waals surface area contributed by atoms with Crippen molar-refractivity contribution in [3.8, 4) is 10.7 Å². The fourth-order valence-electron chi connectivity index (χ4n) is 3.97. The van der Waals surface area contributed by atoms with Crippen molar-refractivity contribution in [3.05, 3.63) is 98.0 Å². The summed E-state index contributed by atoms with van der Waals surface area (Å²) in [5, 5.41) is 4.29. The molecule has 0 aliphatic carbocycles. The lowest BCUT2D eigenvalue weighted by Crippen LogP contribution is -2.28. The van der Waals surface area contributed by atoms with Crippen LogP contribution in [0.2, 0.25) is 4.34 Å². The van der Waals surface area contributed by atoms with Crippen molar-refractivity contribution in [2.24, 2.45) is 0 Å². The van der Waals surface area contributed by atoms with Gasteiger partial charge in [-0.15, -0.1) is 16.4 Å². The number of thiophene rings is 1. The molecular formula is C25H20ClF4N3O2S. The van der Waals surface area contributed by atoms with Crippen LogP contribution in [0.1, 0.15) is 36.0 Å². The summed E-state index contributed by atoms with van der Waals surface area (Å²) in [6.45, 7) is 0.967. The number of rotatable bonds is 8. The van der Waals surface area contributed by atoms with E-state index in [2.05, 4.69) is 5.10 Å². The molecule has 2 aromatic heterocycles. The van der Waals surface area contributed by atoms with Crippen molar-refractivity contribution < 1.29 is 22.4 Å². The third-order valence-corrected chi connectivity index (χ3v) is 6.89. The monoisotopic (exact) mass is 537 g/mol. The molecule has 0 fully saturated rings. The molecule has 0 bridgehead atoms. The van der Waals surface area contributed by atoms with E-state index in [0.29, 0.717) is 9.21 Å². The van der Waals surface area contributed by atoms with Crippen LogP contribution >= 0.6 is 22.9 Å². The van der Waals surface area contributed by atoms with Crippen LogP contribution in [0.3, 0.4) is 0 Å². The van der Waals surface area contributed by atoms with Crippen molar-refractivity contribution in [3.63, 3.8) is 0 Å². The molecule has 188 valence electrons. The second kappa shape index (κ2) is 10.4. The van der Waals surface area contributed by atoms with Crippen LogP contribution < -0.4 is 5.69 Å². The first-order valence-electron chi connectivity index (χ1n) is 10.9. The Labute approximate surface area is 212 Å². The fourth-order valence-corrected chi connectivity index (χ4v) is 5.01. The summed E-state index contributed by atoms with van der Waals surface area (Å²) in [7, 11) is 0. The lowest BCUT2D eigenvalue weighted by atomic mass is 9.91. The number of aromatic nitrogens is 3. The summed E-state index contributed by atoms with van der Waals surface area (Å²) in [5.41, 5.74) is -1.18. The van der Waals surface area contributed by atoms with Gasteiger partial charge in [-0.1, -0.05) is 54.9 Å². The number of nitrogens with zero attached hydrogens (tertiary/aromatic N) is 3. The van der Waals surface area contributed by atoms with Gasteiger partial charge in [0, 0.05) is 12.0 Å². The first kappa shape index (κ1) is 25.8. The van der Waals surface area contributed by atoms with E-state index in [-0.39, 0.29) is 29.9 Å². The van der Waals surface area contributed by atoms with Crippen LogP contribution in [0.25, 0.3) is 10.7 Å². The first-order valence-corrected chi connectivity index (χ1v) is 12.1. The van der Waals surface area contributed by atoms with E-state index in [4.69, 9.17) is 11.6 Å². The summed E-state index contributed by atoms with van der Waals surface area (Å²) < 4.78 is 57.1. The van der Waals surface area contributed by atoms with Crippen molar-refractivity contribution in [1.29, 1.82) is 0 Å². The molecule has 4 aromatic rings. The normalized spacial score (nSPS) is 12.6. The third-order valence-electron chi connectivity index (χ3n) is 5.66. The Morgan fingerprint density at radius 1 is 1.08 bits per heavy atom. The van der Waals surface area contributed by atoms with Crippen LogP contribution in [0.5, 0.6) is 0 Å². The van der Waals surface area contributed by atoms with E-state index in [1.54, 1.807) is 18.2 Å². The molecule has 1 atom stereocenters. The molecule has 36 heavy (non-hydrogen) atoms. The average Bonchev–Trinajstić information content (AvgIpc) is 3.38. The number of carbonyl (C=O) groups is 1. The predicted molar refractivity (Wildman–Crippen MR) is 130 cm³/mol. The number of Topliss-reactive ketones (excluding diaryl/α,β-unsaturated/α-hetero) is 1. The highest BCUT2D eigenvalue weighted by atomic mass is 35.5. The molecular weight excluding hydrogens is 518 g/mol. The molecule has 0 saturated carbocycles. The summed E-state index contributed by atoms with van der Waals surface area (Å²) in [6.07, 6.45) is -4.77. The van der Waals surface area contributed by atoms with E-state index in [1.807, 2.05) is 0 Å². The zero-order valence-corrected chi connectivity index (χ0v) is 20.5. The smallest absolute Gasteiger partial charge is 0.298 e. The molecule has 0 N–H and O–H groups in total. The lowest BCUT2D eigenvalue weighted by molar-refractivity contribution is -0.138. The average molecular weight is 538 g/mol. The summed E-state index contributed by atoms with van der Waals surface area (Å²) in [5.74, 6) is -1.49. The van der Waals surface area contributed by atoms with E-state index < -0.39 is 41.5 Å². The van der Waals surface area contributed by atoms with Gasteiger partial charge >= 0.3 is 11.9 Å². The maximum absolute atomic E-state index is 14.3. The summed E-state index contributed by atoms with van der Waals surface area (Å²) in [6, 6.07) is 14.4.